The van der Waals surface area contributed by atoms with Crippen LogP contribution in [0.2, 0.25) is 0 Å². The predicted octanol–water partition coefficient (Wildman–Crippen LogP) is 2.61. The molecule has 5 unspecified atom stereocenters. The van der Waals surface area contributed by atoms with Crippen LogP contribution in [0.5, 0.6) is 0 Å². The number of carboxylic acid groups (broad SMARTS) is 1. The Labute approximate surface area is 126 Å². The van der Waals surface area contributed by atoms with Crippen molar-refractivity contribution in [2.45, 2.75) is 65.0 Å². The number of hydrogen-bond acceptors (Lipinski definition) is 2. The second kappa shape index (κ2) is 6.67. The highest BCUT2D eigenvalue weighted by atomic mass is 16.4. The van der Waals surface area contributed by atoms with Crippen molar-refractivity contribution in [2.75, 3.05) is 0 Å². The van der Waals surface area contributed by atoms with Crippen LogP contribution < -0.4 is 10.6 Å². The molecule has 2 amide bonds. The number of hydrogen-bond donors (Lipinski definition) is 3. The topological polar surface area (TPSA) is 78.4 Å². The SMILES string of the molecule is CC(C)CC(NC(=O)NC(C)C1CC2CCC1C2)C(=O)O. The number of aliphatic carboxylic acids is 1. The molecule has 0 spiro atoms. The first-order valence-corrected chi connectivity index (χ1v) is 8.16. The van der Waals surface area contributed by atoms with Gasteiger partial charge in [0.25, 0.3) is 0 Å². The lowest BCUT2D eigenvalue weighted by Gasteiger charge is -2.29. The monoisotopic (exact) mass is 296 g/mol. The van der Waals surface area contributed by atoms with Gasteiger partial charge in [-0.3, -0.25) is 0 Å². The first kappa shape index (κ1) is 16.1. The fourth-order valence-electron chi connectivity index (χ4n) is 4.11. The summed E-state index contributed by atoms with van der Waals surface area (Å²) in [5.41, 5.74) is 0. The Bertz CT molecular complexity index is 397. The third-order valence-electron chi connectivity index (χ3n) is 5.10. The summed E-state index contributed by atoms with van der Waals surface area (Å²) in [7, 11) is 0. The molecule has 120 valence electrons. The molecule has 5 atom stereocenters. The van der Waals surface area contributed by atoms with Crippen LogP contribution >= 0.6 is 0 Å². The van der Waals surface area contributed by atoms with Gasteiger partial charge >= 0.3 is 12.0 Å². The van der Waals surface area contributed by atoms with E-state index in [-0.39, 0.29) is 18.0 Å². The van der Waals surface area contributed by atoms with E-state index >= 15 is 0 Å². The second-order valence-electron chi connectivity index (χ2n) is 7.27. The quantitative estimate of drug-likeness (QED) is 0.705. The second-order valence-corrected chi connectivity index (χ2v) is 7.27. The van der Waals surface area contributed by atoms with Gasteiger partial charge in [0, 0.05) is 6.04 Å². The van der Waals surface area contributed by atoms with Crippen LogP contribution in [0.15, 0.2) is 0 Å². The molecule has 2 aliphatic carbocycles. The number of nitrogens with one attached hydrogen (secondary N) is 2. The fraction of sp³-hybridized carbons (Fsp3) is 0.875. The molecular formula is C16H28N2O3. The number of rotatable bonds is 6. The largest absolute Gasteiger partial charge is 0.480 e. The van der Waals surface area contributed by atoms with E-state index in [1.807, 2.05) is 20.8 Å². The Hall–Kier alpha value is -1.26. The van der Waals surface area contributed by atoms with Gasteiger partial charge in [-0.1, -0.05) is 20.3 Å². The van der Waals surface area contributed by atoms with E-state index in [0.29, 0.717) is 12.3 Å². The number of carboxylic acids is 1. The third-order valence-corrected chi connectivity index (χ3v) is 5.10. The van der Waals surface area contributed by atoms with Crippen molar-refractivity contribution in [1.29, 1.82) is 0 Å². The van der Waals surface area contributed by atoms with Crippen LogP contribution in [-0.4, -0.2) is 29.2 Å². The molecule has 0 aromatic carbocycles. The normalized spacial score (nSPS) is 30.2. The summed E-state index contributed by atoms with van der Waals surface area (Å²) >= 11 is 0. The summed E-state index contributed by atoms with van der Waals surface area (Å²) in [6.07, 6.45) is 5.60. The molecule has 2 aliphatic rings. The van der Waals surface area contributed by atoms with Crippen LogP contribution in [0.3, 0.4) is 0 Å². The Morgan fingerprint density at radius 2 is 1.86 bits per heavy atom. The Balaban J connectivity index is 1.81. The minimum atomic E-state index is -0.966. The zero-order chi connectivity index (χ0) is 15.6. The molecule has 0 aromatic rings. The first-order valence-electron chi connectivity index (χ1n) is 8.16. The predicted molar refractivity (Wildman–Crippen MR) is 80.9 cm³/mol. The molecule has 0 aromatic heterocycles. The van der Waals surface area contributed by atoms with E-state index in [1.54, 1.807) is 0 Å². The molecule has 2 saturated carbocycles. The van der Waals surface area contributed by atoms with E-state index in [4.69, 9.17) is 5.11 Å². The maximum atomic E-state index is 12.0. The molecule has 2 fully saturated rings. The number of amides is 2. The smallest absolute Gasteiger partial charge is 0.326 e. The van der Waals surface area contributed by atoms with Crippen LogP contribution in [-0.2, 0) is 4.79 Å². The molecule has 5 heteroatoms. The highest BCUT2D eigenvalue weighted by Gasteiger charge is 2.42. The van der Waals surface area contributed by atoms with Gasteiger partial charge < -0.3 is 15.7 Å². The number of carbonyl (C=O) groups is 2. The van der Waals surface area contributed by atoms with Crippen LogP contribution in [0.25, 0.3) is 0 Å². The summed E-state index contributed by atoms with van der Waals surface area (Å²) in [4.78, 5) is 23.2. The molecule has 0 radical (unpaired) electrons. The van der Waals surface area contributed by atoms with Crippen molar-refractivity contribution >= 4 is 12.0 Å². The number of carbonyl (C=O) groups excluding carboxylic acids is 1. The zero-order valence-electron chi connectivity index (χ0n) is 13.3. The summed E-state index contributed by atoms with van der Waals surface area (Å²) in [6.45, 7) is 5.95. The Kier molecular flexibility index (Phi) is 5.12. The molecule has 3 N–H and O–H groups in total. The molecule has 21 heavy (non-hydrogen) atoms. The molecule has 2 bridgehead atoms. The summed E-state index contributed by atoms with van der Waals surface area (Å²) in [6, 6.07) is -1.04. The molecule has 5 nitrogen and oxygen atoms in total. The maximum Gasteiger partial charge on any atom is 0.326 e. The van der Waals surface area contributed by atoms with Crippen LogP contribution in [0.1, 0.15) is 52.9 Å². The van der Waals surface area contributed by atoms with E-state index in [1.165, 1.54) is 25.7 Å². The zero-order valence-corrected chi connectivity index (χ0v) is 13.3. The van der Waals surface area contributed by atoms with Gasteiger partial charge in [0.2, 0.25) is 0 Å². The van der Waals surface area contributed by atoms with Crippen LogP contribution in [0.4, 0.5) is 4.79 Å². The molecule has 0 saturated heterocycles. The lowest BCUT2D eigenvalue weighted by Crippen LogP contribution is -2.50. The minimum absolute atomic E-state index is 0.119. The van der Waals surface area contributed by atoms with Gasteiger partial charge in [-0.25, -0.2) is 9.59 Å². The van der Waals surface area contributed by atoms with Crippen molar-refractivity contribution in [1.82, 2.24) is 10.6 Å². The van der Waals surface area contributed by atoms with Gasteiger partial charge in [0.15, 0.2) is 0 Å². The first-order chi connectivity index (χ1) is 9.86. The van der Waals surface area contributed by atoms with Gasteiger partial charge in [0.05, 0.1) is 0 Å². The van der Waals surface area contributed by atoms with E-state index in [9.17, 15) is 9.59 Å². The van der Waals surface area contributed by atoms with E-state index in [0.717, 1.165) is 11.8 Å². The van der Waals surface area contributed by atoms with E-state index in [2.05, 4.69) is 10.6 Å². The maximum absolute atomic E-state index is 12.0. The summed E-state index contributed by atoms with van der Waals surface area (Å²) < 4.78 is 0. The van der Waals surface area contributed by atoms with Gasteiger partial charge in [0.1, 0.15) is 6.04 Å². The van der Waals surface area contributed by atoms with Crippen molar-refractivity contribution < 1.29 is 14.7 Å². The van der Waals surface area contributed by atoms with Gasteiger partial charge in [-0.2, -0.15) is 0 Å². The van der Waals surface area contributed by atoms with Crippen molar-refractivity contribution in [3.8, 4) is 0 Å². The van der Waals surface area contributed by atoms with Crippen molar-refractivity contribution in [3.05, 3.63) is 0 Å². The fourth-order valence-corrected chi connectivity index (χ4v) is 4.11. The van der Waals surface area contributed by atoms with Gasteiger partial charge in [-0.15, -0.1) is 0 Å². The standard InChI is InChI=1S/C16H28N2O3/c1-9(2)6-14(15(19)20)18-16(21)17-10(3)13-8-11-4-5-12(13)7-11/h9-14H,4-8H2,1-3H3,(H,19,20)(H2,17,18,21). The van der Waals surface area contributed by atoms with E-state index < -0.39 is 12.0 Å². The summed E-state index contributed by atoms with van der Waals surface area (Å²) in [5, 5.41) is 14.7. The van der Waals surface area contributed by atoms with Crippen molar-refractivity contribution in [2.24, 2.45) is 23.7 Å². The van der Waals surface area contributed by atoms with Crippen LogP contribution in [0, 0.1) is 23.7 Å². The average molecular weight is 296 g/mol. The van der Waals surface area contributed by atoms with Gasteiger partial charge in [-0.05, 0) is 56.3 Å². The molecule has 0 aliphatic heterocycles. The molecular weight excluding hydrogens is 268 g/mol. The minimum Gasteiger partial charge on any atom is -0.480 e. The number of urea groups is 1. The highest BCUT2D eigenvalue weighted by Crippen LogP contribution is 2.49. The van der Waals surface area contributed by atoms with Crippen molar-refractivity contribution in [3.63, 3.8) is 0 Å². The molecule has 2 rings (SSSR count). The number of fused-ring (bicyclic) bond motifs is 2. The highest BCUT2D eigenvalue weighted by molar-refractivity contribution is 5.82. The average Bonchev–Trinajstić information content (AvgIpc) is 2.99. The lowest BCUT2D eigenvalue weighted by atomic mass is 9.84. The third kappa shape index (κ3) is 4.11. The lowest BCUT2D eigenvalue weighted by molar-refractivity contribution is -0.139. The molecule has 0 heterocycles. The summed E-state index contributed by atoms with van der Waals surface area (Å²) in [5.74, 6) is 1.42. The Morgan fingerprint density at radius 3 is 2.33 bits per heavy atom. The Morgan fingerprint density at radius 1 is 1.14 bits per heavy atom.